The molecule has 0 aliphatic carbocycles. The normalized spacial score (nSPS) is 18.9. The molecule has 38 heavy (non-hydrogen) atoms. The minimum atomic E-state index is -0.0382. The molecule has 5 rings (SSSR count). The number of hydrogen-bond donors (Lipinski definition) is 1. The zero-order valence-electron chi connectivity index (χ0n) is 22.8. The fraction of sp³-hybridized carbons (Fsp3) is 0.500. The van der Waals surface area contributed by atoms with Gasteiger partial charge in [-0.25, -0.2) is 0 Å². The number of aromatic nitrogens is 2. The minimum Gasteiger partial charge on any atom is -0.378 e. The van der Waals surface area contributed by atoms with Crippen LogP contribution < -0.4 is 10.2 Å². The number of piperidine rings is 1. The molecule has 0 saturated carbocycles. The van der Waals surface area contributed by atoms with Crippen LogP contribution in [0, 0.1) is 5.92 Å². The number of carbonyl (C=O) groups is 1. The van der Waals surface area contributed by atoms with Crippen molar-refractivity contribution >= 4 is 11.6 Å². The minimum absolute atomic E-state index is 0.0382. The number of nitrogens with one attached hydrogen (secondary N) is 1. The third-order valence-corrected chi connectivity index (χ3v) is 7.49. The largest absolute Gasteiger partial charge is 0.378 e. The summed E-state index contributed by atoms with van der Waals surface area (Å²) in [5.74, 6) is 1.26. The summed E-state index contributed by atoms with van der Waals surface area (Å²) < 4.78 is 11.0. The highest BCUT2D eigenvalue weighted by Crippen LogP contribution is 2.26. The van der Waals surface area contributed by atoms with E-state index in [1.165, 1.54) is 11.3 Å². The van der Waals surface area contributed by atoms with Crippen LogP contribution in [0.5, 0.6) is 0 Å². The van der Waals surface area contributed by atoms with Crippen LogP contribution in [0.2, 0.25) is 0 Å². The number of rotatable bonds is 7. The van der Waals surface area contributed by atoms with Gasteiger partial charge in [0.25, 0.3) is 0 Å². The Bertz CT molecular complexity index is 1190. The maximum absolute atomic E-state index is 13.0. The van der Waals surface area contributed by atoms with Crippen molar-refractivity contribution in [3.8, 4) is 11.4 Å². The van der Waals surface area contributed by atoms with Crippen molar-refractivity contribution in [1.29, 1.82) is 0 Å². The Labute approximate surface area is 225 Å². The van der Waals surface area contributed by atoms with Gasteiger partial charge in [-0.05, 0) is 48.1 Å². The molecular weight excluding hydrogens is 478 g/mol. The Morgan fingerprint density at radius 2 is 1.76 bits per heavy atom. The van der Waals surface area contributed by atoms with Gasteiger partial charge in [0.15, 0.2) is 0 Å². The molecule has 2 saturated heterocycles. The molecule has 1 atom stereocenters. The van der Waals surface area contributed by atoms with E-state index < -0.39 is 0 Å². The first kappa shape index (κ1) is 26.4. The average molecular weight is 518 g/mol. The molecule has 1 amide bonds. The number of benzene rings is 2. The summed E-state index contributed by atoms with van der Waals surface area (Å²) in [6.07, 6.45) is 1.87. The summed E-state index contributed by atoms with van der Waals surface area (Å²) in [6, 6.07) is 16.8. The van der Waals surface area contributed by atoms with Gasteiger partial charge in [0.2, 0.25) is 17.6 Å². The van der Waals surface area contributed by atoms with Gasteiger partial charge in [0, 0.05) is 37.4 Å². The van der Waals surface area contributed by atoms with E-state index in [0.29, 0.717) is 31.3 Å². The van der Waals surface area contributed by atoms with Crippen LogP contribution in [0.25, 0.3) is 11.4 Å². The molecule has 1 aromatic heterocycles. The highest BCUT2D eigenvalue weighted by molar-refractivity contribution is 5.79. The van der Waals surface area contributed by atoms with Crippen molar-refractivity contribution in [3.63, 3.8) is 0 Å². The molecule has 1 N–H and O–H groups in total. The van der Waals surface area contributed by atoms with Crippen molar-refractivity contribution < 1.29 is 14.1 Å². The molecule has 2 aliphatic heterocycles. The average Bonchev–Trinajstić information content (AvgIpc) is 3.40. The van der Waals surface area contributed by atoms with Gasteiger partial charge in [0.05, 0.1) is 25.7 Å². The number of hydrogen-bond acceptors (Lipinski definition) is 7. The maximum atomic E-state index is 13.0. The predicted molar refractivity (Wildman–Crippen MR) is 148 cm³/mol. The van der Waals surface area contributed by atoms with E-state index in [0.717, 1.165) is 56.8 Å². The zero-order chi connectivity index (χ0) is 26.5. The number of carbonyl (C=O) groups excluding carboxylic acids is 1. The third-order valence-electron chi connectivity index (χ3n) is 7.49. The van der Waals surface area contributed by atoms with Gasteiger partial charge in [-0.2, -0.15) is 4.98 Å². The van der Waals surface area contributed by atoms with Crippen molar-refractivity contribution in [2.45, 2.75) is 52.1 Å². The molecule has 2 fully saturated rings. The molecule has 1 unspecified atom stereocenters. The van der Waals surface area contributed by atoms with E-state index >= 15 is 0 Å². The second-order valence-corrected chi connectivity index (χ2v) is 11.4. The lowest BCUT2D eigenvalue weighted by molar-refractivity contribution is -0.127. The quantitative estimate of drug-likeness (QED) is 0.497. The lowest BCUT2D eigenvalue weighted by atomic mass is 9.87. The fourth-order valence-electron chi connectivity index (χ4n) is 5.14. The Kier molecular flexibility index (Phi) is 8.09. The van der Waals surface area contributed by atoms with Gasteiger partial charge in [-0.1, -0.05) is 62.3 Å². The Hall–Kier alpha value is -3.23. The summed E-state index contributed by atoms with van der Waals surface area (Å²) >= 11 is 0. The van der Waals surface area contributed by atoms with Crippen molar-refractivity contribution in [3.05, 3.63) is 65.5 Å². The summed E-state index contributed by atoms with van der Waals surface area (Å²) in [4.78, 5) is 22.2. The summed E-state index contributed by atoms with van der Waals surface area (Å²) in [5, 5.41) is 7.34. The van der Waals surface area contributed by atoms with Crippen LogP contribution in [-0.2, 0) is 28.0 Å². The number of nitrogens with zero attached hydrogens (tertiary/aromatic N) is 4. The standard InChI is InChI=1S/C30H39N5O3/c1-30(2,3)25-10-8-23(9-11-25)28-32-27(38-33-28)21-34-14-4-5-24(20-34)29(36)31-19-22-6-12-26(13-7-22)35-15-17-37-18-16-35/h6-13,24H,4-5,14-21H2,1-3H3,(H,31,36). The third kappa shape index (κ3) is 6.60. The maximum Gasteiger partial charge on any atom is 0.241 e. The van der Waals surface area contributed by atoms with E-state index in [1.54, 1.807) is 0 Å². The van der Waals surface area contributed by atoms with E-state index in [-0.39, 0.29) is 17.2 Å². The monoisotopic (exact) mass is 517 g/mol. The van der Waals surface area contributed by atoms with Gasteiger partial charge in [0.1, 0.15) is 0 Å². The molecule has 0 radical (unpaired) electrons. The Balaban J connectivity index is 1.11. The van der Waals surface area contributed by atoms with E-state index in [2.05, 4.69) is 82.4 Å². The zero-order valence-corrected chi connectivity index (χ0v) is 22.8. The molecule has 3 aromatic rings. The number of likely N-dealkylation sites (tertiary alicyclic amines) is 1. The molecule has 3 heterocycles. The predicted octanol–water partition coefficient (Wildman–Crippen LogP) is 4.40. The molecule has 8 heteroatoms. The topological polar surface area (TPSA) is 83.7 Å². The molecule has 0 bridgehead atoms. The van der Waals surface area contributed by atoms with Gasteiger partial charge in [-0.15, -0.1) is 0 Å². The molecule has 2 aromatic carbocycles. The first-order valence-electron chi connectivity index (χ1n) is 13.7. The van der Waals surface area contributed by atoms with E-state index in [4.69, 9.17) is 9.26 Å². The van der Waals surface area contributed by atoms with Crippen LogP contribution >= 0.6 is 0 Å². The van der Waals surface area contributed by atoms with Gasteiger partial charge >= 0.3 is 0 Å². The lowest BCUT2D eigenvalue weighted by Crippen LogP contribution is -2.42. The molecule has 202 valence electrons. The first-order chi connectivity index (χ1) is 18.3. The highest BCUT2D eigenvalue weighted by atomic mass is 16.5. The van der Waals surface area contributed by atoms with Crippen LogP contribution in [0.4, 0.5) is 5.69 Å². The van der Waals surface area contributed by atoms with Crippen LogP contribution in [0.3, 0.4) is 0 Å². The number of ether oxygens (including phenoxy) is 1. The van der Waals surface area contributed by atoms with Gasteiger partial charge in [-0.3, -0.25) is 9.69 Å². The summed E-state index contributed by atoms with van der Waals surface area (Å²) in [7, 11) is 0. The highest BCUT2D eigenvalue weighted by Gasteiger charge is 2.27. The number of morpholine rings is 1. The van der Waals surface area contributed by atoms with Crippen molar-refractivity contribution in [2.75, 3.05) is 44.3 Å². The molecule has 0 spiro atoms. The second kappa shape index (κ2) is 11.7. The Morgan fingerprint density at radius 1 is 1.03 bits per heavy atom. The molecule has 2 aliphatic rings. The molecule has 8 nitrogen and oxygen atoms in total. The fourth-order valence-corrected chi connectivity index (χ4v) is 5.14. The Morgan fingerprint density at radius 3 is 2.47 bits per heavy atom. The van der Waals surface area contributed by atoms with Crippen LogP contribution in [0.15, 0.2) is 53.1 Å². The smallest absolute Gasteiger partial charge is 0.241 e. The second-order valence-electron chi connectivity index (χ2n) is 11.4. The lowest BCUT2D eigenvalue weighted by Gasteiger charge is -2.31. The number of anilines is 1. The van der Waals surface area contributed by atoms with Gasteiger partial charge < -0.3 is 19.5 Å². The van der Waals surface area contributed by atoms with E-state index in [1.807, 2.05) is 12.1 Å². The molecular formula is C30H39N5O3. The SMILES string of the molecule is CC(C)(C)c1ccc(-c2noc(CN3CCCC(C(=O)NCc4ccc(N5CCOCC5)cc4)C3)n2)cc1. The number of amides is 1. The van der Waals surface area contributed by atoms with Crippen LogP contribution in [-0.4, -0.2) is 60.3 Å². The summed E-state index contributed by atoms with van der Waals surface area (Å²) in [6.45, 7) is 12.7. The first-order valence-corrected chi connectivity index (χ1v) is 13.7. The van der Waals surface area contributed by atoms with E-state index in [9.17, 15) is 4.79 Å². The van der Waals surface area contributed by atoms with Crippen molar-refractivity contribution in [2.24, 2.45) is 5.92 Å². The summed E-state index contributed by atoms with van der Waals surface area (Å²) in [5.41, 5.74) is 4.63. The van der Waals surface area contributed by atoms with Crippen LogP contribution in [0.1, 0.15) is 50.6 Å². The van der Waals surface area contributed by atoms with Crippen molar-refractivity contribution in [1.82, 2.24) is 20.4 Å².